The molecule has 0 spiro atoms. The predicted octanol–water partition coefficient (Wildman–Crippen LogP) is 2.44. The number of rotatable bonds is 3. The Bertz CT molecular complexity index is 270. The lowest BCUT2D eigenvalue weighted by Crippen LogP contribution is -2.39. The molecule has 0 saturated heterocycles. The Labute approximate surface area is 97.5 Å². The van der Waals surface area contributed by atoms with E-state index in [-0.39, 0.29) is 30.2 Å². The maximum atomic E-state index is 12.2. The second-order valence-corrected chi connectivity index (χ2v) is 5.22. The van der Waals surface area contributed by atoms with E-state index in [0.717, 1.165) is 12.8 Å². The average molecular weight is 226 g/mol. The molecule has 3 nitrogen and oxygen atoms in total. The number of carbonyl (C=O) groups excluding carboxylic acids is 2. The Hall–Kier alpha value is -0.860. The summed E-state index contributed by atoms with van der Waals surface area (Å²) in [4.78, 5) is 23.0. The van der Waals surface area contributed by atoms with Crippen LogP contribution in [0.15, 0.2) is 0 Å². The molecule has 0 aromatic heterocycles. The van der Waals surface area contributed by atoms with E-state index < -0.39 is 0 Å². The van der Waals surface area contributed by atoms with Crippen LogP contribution in [-0.4, -0.2) is 18.4 Å². The van der Waals surface area contributed by atoms with Crippen LogP contribution in [-0.2, 0) is 14.3 Å². The van der Waals surface area contributed by atoms with E-state index in [1.165, 1.54) is 6.92 Å². The lowest BCUT2D eigenvalue weighted by molar-refractivity contribution is -0.147. The second-order valence-electron chi connectivity index (χ2n) is 5.22. The first-order valence-corrected chi connectivity index (χ1v) is 6.10. The number of hydrogen-bond acceptors (Lipinski definition) is 3. The van der Waals surface area contributed by atoms with Crippen LogP contribution in [0.1, 0.15) is 40.5 Å². The van der Waals surface area contributed by atoms with Crippen molar-refractivity contribution in [1.29, 1.82) is 0 Å². The topological polar surface area (TPSA) is 43.4 Å². The van der Waals surface area contributed by atoms with Crippen molar-refractivity contribution < 1.29 is 14.3 Å². The van der Waals surface area contributed by atoms with Crippen molar-refractivity contribution in [2.75, 3.05) is 6.61 Å². The molecule has 0 aromatic rings. The molecule has 3 atom stereocenters. The van der Waals surface area contributed by atoms with Gasteiger partial charge in [-0.2, -0.15) is 0 Å². The summed E-state index contributed by atoms with van der Waals surface area (Å²) in [7, 11) is 0. The van der Waals surface area contributed by atoms with Gasteiger partial charge in [0.25, 0.3) is 0 Å². The normalized spacial score (nSPS) is 30.6. The highest BCUT2D eigenvalue weighted by Gasteiger charge is 2.37. The van der Waals surface area contributed by atoms with Crippen LogP contribution < -0.4 is 0 Å². The first-order valence-electron chi connectivity index (χ1n) is 6.10. The van der Waals surface area contributed by atoms with Gasteiger partial charge >= 0.3 is 5.97 Å². The van der Waals surface area contributed by atoms with E-state index >= 15 is 0 Å². The van der Waals surface area contributed by atoms with Crippen LogP contribution in [0.25, 0.3) is 0 Å². The minimum atomic E-state index is -0.299. The number of ketones is 1. The van der Waals surface area contributed by atoms with Crippen molar-refractivity contribution in [1.82, 2.24) is 0 Å². The standard InChI is InChI=1S/C13H22O3/c1-8(2)11-6-5-9(3)12(13(11)15)7-16-10(4)14/h8-9,11-12H,5-7H2,1-4H3/t9-,11+,12-/m1/s1. The van der Waals surface area contributed by atoms with Gasteiger partial charge in [0.05, 0.1) is 5.92 Å². The van der Waals surface area contributed by atoms with E-state index in [9.17, 15) is 9.59 Å². The number of esters is 1. The molecule has 0 aliphatic heterocycles. The number of hydrogen-bond donors (Lipinski definition) is 0. The van der Waals surface area contributed by atoms with Crippen molar-refractivity contribution >= 4 is 11.8 Å². The van der Waals surface area contributed by atoms with Gasteiger partial charge in [0.1, 0.15) is 12.4 Å². The molecule has 0 amide bonds. The Morgan fingerprint density at radius 1 is 1.44 bits per heavy atom. The Kier molecular flexibility index (Phi) is 4.51. The second kappa shape index (κ2) is 5.46. The minimum absolute atomic E-state index is 0.0925. The summed E-state index contributed by atoms with van der Waals surface area (Å²) >= 11 is 0. The summed E-state index contributed by atoms with van der Waals surface area (Å²) in [5.41, 5.74) is 0. The lowest BCUT2D eigenvalue weighted by atomic mass is 9.70. The van der Waals surface area contributed by atoms with Crippen LogP contribution in [0.2, 0.25) is 0 Å². The van der Waals surface area contributed by atoms with Gasteiger partial charge in [-0.3, -0.25) is 9.59 Å². The average Bonchev–Trinajstić information content (AvgIpc) is 2.16. The molecule has 1 rings (SSSR count). The highest BCUT2D eigenvalue weighted by molar-refractivity contribution is 5.85. The maximum absolute atomic E-state index is 12.2. The fourth-order valence-corrected chi connectivity index (χ4v) is 2.46. The van der Waals surface area contributed by atoms with Gasteiger partial charge < -0.3 is 4.74 Å². The number of ether oxygens (including phenoxy) is 1. The predicted molar refractivity (Wildman–Crippen MR) is 61.9 cm³/mol. The smallest absolute Gasteiger partial charge is 0.302 e. The first-order chi connectivity index (χ1) is 7.43. The molecule has 1 saturated carbocycles. The minimum Gasteiger partial charge on any atom is -0.465 e. The first kappa shape index (κ1) is 13.2. The van der Waals surface area contributed by atoms with Crippen LogP contribution >= 0.6 is 0 Å². The van der Waals surface area contributed by atoms with Gasteiger partial charge in [0.15, 0.2) is 0 Å². The molecule has 1 aliphatic carbocycles. The summed E-state index contributed by atoms with van der Waals surface area (Å²) in [5.74, 6) is 0.769. The lowest BCUT2D eigenvalue weighted by Gasteiger charge is -2.34. The van der Waals surface area contributed by atoms with Crippen LogP contribution in [0.3, 0.4) is 0 Å². The fourth-order valence-electron chi connectivity index (χ4n) is 2.46. The zero-order chi connectivity index (χ0) is 12.3. The third kappa shape index (κ3) is 3.06. The van der Waals surface area contributed by atoms with E-state index in [2.05, 4.69) is 20.8 Å². The molecular weight excluding hydrogens is 204 g/mol. The SMILES string of the molecule is CC(=O)OC[C@H]1C(=O)[C@H](C(C)C)CC[C@H]1C. The van der Waals surface area contributed by atoms with E-state index in [4.69, 9.17) is 4.74 Å². The molecule has 0 radical (unpaired) electrons. The summed E-state index contributed by atoms with van der Waals surface area (Å²) in [6.07, 6.45) is 2.04. The quantitative estimate of drug-likeness (QED) is 0.694. The zero-order valence-corrected chi connectivity index (χ0v) is 10.7. The van der Waals surface area contributed by atoms with E-state index in [0.29, 0.717) is 11.8 Å². The molecule has 0 aromatic carbocycles. The van der Waals surface area contributed by atoms with Crippen molar-refractivity contribution in [3.8, 4) is 0 Å². The van der Waals surface area contributed by atoms with Gasteiger partial charge in [-0.05, 0) is 24.7 Å². The van der Waals surface area contributed by atoms with Gasteiger partial charge in [-0.15, -0.1) is 0 Å². The monoisotopic (exact) mass is 226 g/mol. The molecule has 1 aliphatic rings. The van der Waals surface area contributed by atoms with Crippen LogP contribution in [0.5, 0.6) is 0 Å². The molecule has 3 heteroatoms. The molecule has 16 heavy (non-hydrogen) atoms. The van der Waals surface area contributed by atoms with Gasteiger partial charge in [0.2, 0.25) is 0 Å². The summed E-state index contributed by atoms with van der Waals surface area (Å²) < 4.78 is 4.99. The Morgan fingerprint density at radius 3 is 2.56 bits per heavy atom. The van der Waals surface area contributed by atoms with Crippen LogP contribution in [0, 0.1) is 23.7 Å². The summed E-state index contributed by atoms with van der Waals surface area (Å²) in [5, 5.41) is 0. The number of Topliss-reactive ketones (excluding diaryl/α,β-unsaturated/α-hetero) is 1. The van der Waals surface area contributed by atoms with Crippen molar-refractivity contribution in [3.05, 3.63) is 0 Å². The number of carbonyl (C=O) groups is 2. The zero-order valence-electron chi connectivity index (χ0n) is 10.7. The van der Waals surface area contributed by atoms with Crippen molar-refractivity contribution in [3.63, 3.8) is 0 Å². The molecule has 92 valence electrons. The molecule has 0 N–H and O–H groups in total. The molecule has 0 unspecified atom stereocenters. The van der Waals surface area contributed by atoms with Gasteiger partial charge in [-0.25, -0.2) is 0 Å². The Morgan fingerprint density at radius 2 is 2.06 bits per heavy atom. The van der Waals surface area contributed by atoms with E-state index in [1.54, 1.807) is 0 Å². The highest BCUT2D eigenvalue weighted by Crippen LogP contribution is 2.34. The Balaban J connectivity index is 2.64. The maximum Gasteiger partial charge on any atom is 0.302 e. The molecule has 1 fully saturated rings. The fraction of sp³-hybridized carbons (Fsp3) is 0.846. The van der Waals surface area contributed by atoms with Crippen molar-refractivity contribution in [2.24, 2.45) is 23.7 Å². The van der Waals surface area contributed by atoms with E-state index in [1.807, 2.05) is 0 Å². The largest absolute Gasteiger partial charge is 0.465 e. The summed E-state index contributed by atoms with van der Waals surface area (Å²) in [6.45, 7) is 7.89. The highest BCUT2D eigenvalue weighted by atomic mass is 16.5. The van der Waals surface area contributed by atoms with Gasteiger partial charge in [-0.1, -0.05) is 20.8 Å². The molecule has 0 bridgehead atoms. The third-order valence-electron chi connectivity index (χ3n) is 3.62. The van der Waals surface area contributed by atoms with Crippen molar-refractivity contribution in [2.45, 2.75) is 40.5 Å². The summed E-state index contributed by atoms with van der Waals surface area (Å²) in [6, 6.07) is 0. The third-order valence-corrected chi connectivity index (χ3v) is 3.62. The molecular formula is C13H22O3. The molecule has 0 heterocycles. The van der Waals surface area contributed by atoms with Crippen LogP contribution in [0.4, 0.5) is 0 Å². The van der Waals surface area contributed by atoms with Gasteiger partial charge in [0, 0.05) is 12.8 Å².